The summed E-state index contributed by atoms with van der Waals surface area (Å²) in [4.78, 5) is 16.3. The summed E-state index contributed by atoms with van der Waals surface area (Å²) in [6, 6.07) is 6.77. The van der Waals surface area contributed by atoms with Gasteiger partial charge in [0.25, 0.3) is 0 Å². The fraction of sp³-hybridized carbons (Fsp3) is 0.588. The summed E-state index contributed by atoms with van der Waals surface area (Å²) in [5.74, 6) is 0.182. The number of nitrogens with zero attached hydrogens (tertiary/aromatic N) is 2. The number of ether oxygens (including phenoxy) is 1. The molecule has 0 spiro atoms. The number of likely N-dealkylation sites (N-methyl/N-ethyl adjacent to an activating group) is 1. The Hall–Kier alpha value is -0.950. The average Bonchev–Trinajstić information content (AvgIpc) is 2.54. The van der Waals surface area contributed by atoms with E-state index in [0.29, 0.717) is 6.04 Å². The highest BCUT2D eigenvalue weighted by Crippen LogP contribution is 2.29. The highest BCUT2D eigenvalue weighted by atomic mass is 35.5. The number of carboxylic acids is 1. The number of carbonyl (C=O) groups is 1. The number of hydrogen-bond donors (Lipinski definition) is 1. The Labute approximate surface area is 154 Å². The summed E-state index contributed by atoms with van der Waals surface area (Å²) in [7, 11) is 3.61. The molecule has 24 heavy (non-hydrogen) atoms. The normalized spacial score (nSPS) is 16.0. The first-order valence-electron chi connectivity index (χ1n) is 7.88. The molecular weight excluding hydrogens is 348 g/mol. The molecule has 0 bridgehead atoms. The van der Waals surface area contributed by atoms with Crippen molar-refractivity contribution < 1.29 is 14.6 Å². The van der Waals surface area contributed by atoms with Crippen molar-refractivity contribution in [1.82, 2.24) is 9.80 Å². The minimum atomic E-state index is -0.754. The van der Waals surface area contributed by atoms with Gasteiger partial charge in [-0.1, -0.05) is 6.07 Å². The van der Waals surface area contributed by atoms with Gasteiger partial charge >= 0.3 is 5.97 Å². The molecule has 1 N–H and O–H groups in total. The molecule has 1 aromatic carbocycles. The molecule has 1 heterocycles. The zero-order valence-corrected chi connectivity index (χ0v) is 16.2. The third-order valence-corrected chi connectivity index (χ3v) is 5.20. The summed E-state index contributed by atoms with van der Waals surface area (Å²) in [6.07, 6.45) is 4.09. The molecular formula is C17H27ClN2O3S. The number of rotatable bonds is 7. The third kappa shape index (κ3) is 5.84. The average molecular weight is 375 g/mol. The highest BCUT2D eigenvalue weighted by Gasteiger charge is 2.23. The van der Waals surface area contributed by atoms with Crippen LogP contribution in [-0.2, 0) is 11.3 Å². The molecule has 0 aliphatic carbocycles. The van der Waals surface area contributed by atoms with Crippen molar-refractivity contribution in [3.05, 3.63) is 23.8 Å². The van der Waals surface area contributed by atoms with E-state index in [4.69, 9.17) is 9.84 Å². The number of methoxy groups -OCH3 is 1. The van der Waals surface area contributed by atoms with E-state index in [0.717, 1.165) is 43.1 Å². The van der Waals surface area contributed by atoms with Gasteiger partial charge in [-0.05, 0) is 56.9 Å². The molecule has 0 atom stereocenters. The van der Waals surface area contributed by atoms with Crippen molar-refractivity contribution in [3.63, 3.8) is 0 Å². The molecule has 136 valence electrons. The second-order valence-corrected chi connectivity index (χ2v) is 6.85. The Balaban J connectivity index is 0.00000288. The Bertz CT molecular complexity index is 537. The molecule has 1 aromatic rings. The van der Waals surface area contributed by atoms with Crippen molar-refractivity contribution >= 4 is 30.1 Å². The number of likely N-dealkylation sites (tertiary alicyclic amines) is 1. The van der Waals surface area contributed by atoms with Crippen molar-refractivity contribution in [1.29, 1.82) is 0 Å². The quantitative estimate of drug-likeness (QED) is 0.741. The van der Waals surface area contributed by atoms with Crippen LogP contribution in [0, 0.1) is 0 Å². The van der Waals surface area contributed by atoms with Gasteiger partial charge in [-0.3, -0.25) is 14.6 Å². The molecule has 0 saturated carbocycles. The van der Waals surface area contributed by atoms with Crippen molar-refractivity contribution in [2.45, 2.75) is 30.3 Å². The van der Waals surface area contributed by atoms with E-state index in [9.17, 15) is 4.79 Å². The Kier molecular flexibility index (Phi) is 8.91. The van der Waals surface area contributed by atoms with E-state index in [1.165, 1.54) is 5.56 Å². The summed E-state index contributed by atoms with van der Waals surface area (Å²) < 4.78 is 5.45. The lowest BCUT2D eigenvalue weighted by Crippen LogP contribution is -2.44. The van der Waals surface area contributed by atoms with Crippen LogP contribution in [0.15, 0.2) is 23.1 Å². The fourth-order valence-corrected chi connectivity index (χ4v) is 3.65. The van der Waals surface area contributed by atoms with Gasteiger partial charge in [0.15, 0.2) is 0 Å². The third-order valence-electron chi connectivity index (χ3n) is 4.42. The van der Waals surface area contributed by atoms with E-state index < -0.39 is 5.97 Å². The Morgan fingerprint density at radius 1 is 1.42 bits per heavy atom. The van der Waals surface area contributed by atoms with Crippen LogP contribution in [0.1, 0.15) is 18.4 Å². The lowest BCUT2D eigenvalue weighted by molar-refractivity contribution is -0.138. The zero-order valence-electron chi connectivity index (χ0n) is 14.5. The minimum absolute atomic E-state index is 0. The SMILES string of the molecule is COc1cc(CN2CCC(N(C)CC(=O)O)CC2)ccc1SC.Cl. The summed E-state index contributed by atoms with van der Waals surface area (Å²) in [6.45, 7) is 3.04. The number of piperidine rings is 1. The number of carboxylic acid groups (broad SMARTS) is 1. The molecule has 0 aromatic heterocycles. The second kappa shape index (κ2) is 10.1. The van der Waals surface area contributed by atoms with Crippen LogP contribution < -0.4 is 4.74 Å². The zero-order chi connectivity index (χ0) is 16.8. The predicted octanol–water partition coefficient (Wildman–Crippen LogP) is 2.82. The smallest absolute Gasteiger partial charge is 0.317 e. The largest absolute Gasteiger partial charge is 0.496 e. The maximum atomic E-state index is 10.8. The Morgan fingerprint density at radius 3 is 2.62 bits per heavy atom. The van der Waals surface area contributed by atoms with E-state index in [1.54, 1.807) is 18.9 Å². The molecule has 1 aliphatic rings. The predicted molar refractivity (Wildman–Crippen MR) is 101 cm³/mol. The van der Waals surface area contributed by atoms with E-state index in [1.807, 2.05) is 11.9 Å². The molecule has 1 aliphatic heterocycles. The van der Waals surface area contributed by atoms with Gasteiger partial charge in [-0.25, -0.2) is 0 Å². The molecule has 0 amide bonds. The van der Waals surface area contributed by atoms with Gasteiger partial charge in [0.1, 0.15) is 5.75 Å². The van der Waals surface area contributed by atoms with E-state index in [2.05, 4.69) is 29.4 Å². The second-order valence-electron chi connectivity index (χ2n) is 6.01. The maximum absolute atomic E-state index is 10.8. The number of thioether (sulfide) groups is 1. The lowest BCUT2D eigenvalue weighted by atomic mass is 10.0. The lowest BCUT2D eigenvalue weighted by Gasteiger charge is -2.36. The van der Waals surface area contributed by atoms with Gasteiger partial charge in [-0.2, -0.15) is 0 Å². The van der Waals surface area contributed by atoms with Crippen LogP contribution in [0.25, 0.3) is 0 Å². The van der Waals surface area contributed by atoms with Gasteiger partial charge < -0.3 is 9.84 Å². The van der Waals surface area contributed by atoms with Gasteiger partial charge in [0.2, 0.25) is 0 Å². The molecule has 7 heteroatoms. The van der Waals surface area contributed by atoms with Crippen LogP contribution in [-0.4, -0.2) is 67.0 Å². The molecule has 0 radical (unpaired) electrons. The van der Waals surface area contributed by atoms with Crippen LogP contribution >= 0.6 is 24.2 Å². The van der Waals surface area contributed by atoms with Crippen LogP contribution in [0.4, 0.5) is 0 Å². The first kappa shape index (κ1) is 21.1. The molecule has 1 saturated heterocycles. The summed E-state index contributed by atoms with van der Waals surface area (Å²) >= 11 is 1.69. The number of hydrogen-bond acceptors (Lipinski definition) is 5. The van der Waals surface area contributed by atoms with E-state index >= 15 is 0 Å². The first-order chi connectivity index (χ1) is 11.0. The summed E-state index contributed by atoms with van der Waals surface area (Å²) in [5.41, 5.74) is 1.26. The minimum Gasteiger partial charge on any atom is -0.496 e. The van der Waals surface area contributed by atoms with Crippen LogP contribution in [0.3, 0.4) is 0 Å². The first-order valence-corrected chi connectivity index (χ1v) is 9.11. The Morgan fingerprint density at radius 2 is 2.08 bits per heavy atom. The standard InChI is InChI=1S/C17H26N2O3S.ClH/c1-18(12-17(20)21)14-6-8-19(9-7-14)11-13-4-5-16(23-3)15(10-13)22-2;/h4-5,10,14H,6-9,11-12H2,1-3H3,(H,20,21);1H. The van der Waals surface area contributed by atoms with Crippen molar-refractivity contribution in [2.24, 2.45) is 0 Å². The van der Waals surface area contributed by atoms with Crippen molar-refractivity contribution in [2.75, 3.05) is 40.0 Å². The van der Waals surface area contributed by atoms with E-state index in [-0.39, 0.29) is 19.0 Å². The number of aliphatic carboxylic acids is 1. The monoisotopic (exact) mass is 374 g/mol. The summed E-state index contributed by atoms with van der Waals surface area (Å²) in [5, 5.41) is 8.89. The van der Waals surface area contributed by atoms with Gasteiger partial charge in [0, 0.05) is 17.5 Å². The number of benzene rings is 1. The van der Waals surface area contributed by atoms with Crippen molar-refractivity contribution in [3.8, 4) is 5.75 Å². The highest BCUT2D eigenvalue weighted by molar-refractivity contribution is 7.98. The molecule has 0 unspecified atom stereocenters. The van der Waals surface area contributed by atoms with Gasteiger partial charge in [-0.15, -0.1) is 24.2 Å². The topological polar surface area (TPSA) is 53.0 Å². The van der Waals surface area contributed by atoms with Crippen LogP contribution in [0.2, 0.25) is 0 Å². The number of halogens is 1. The maximum Gasteiger partial charge on any atom is 0.317 e. The molecule has 2 rings (SSSR count). The fourth-order valence-electron chi connectivity index (χ4n) is 3.10. The molecule has 1 fully saturated rings. The van der Waals surface area contributed by atoms with Crippen LogP contribution in [0.5, 0.6) is 5.75 Å². The molecule has 5 nitrogen and oxygen atoms in total. The van der Waals surface area contributed by atoms with Gasteiger partial charge in [0.05, 0.1) is 13.7 Å².